The molecule has 0 radical (unpaired) electrons. The van der Waals surface area contributed by atoms with Crippen LogP contribution < -0.4 is 20.8 Å². The van der Waals surface area contributed by atoms with Crippen LogP contribution in [0.15, 0.2) is 47.7 Å². The summed E-state index contributed by atoms with van der Waals surface area (Å²) in [6.07, 6.45) is 2.39. The minimum atomic E-state index is -0.900. The van der Waals surface area contributed by atoms with Crippen molar-refractivity contribution in [2.45, 2.75) is 19.0 Å². The highest BCUT2D eigenvalue weighted by Crippen LogP contribution is 2.37. The topological polar surface area (TPSA) is 165 Å². The van der Waals surface area contributed by atoms with Gasteiger partial charge in [-0.15, -0.1) is 0 Å². The molecule has 0 saturated heterocycles. The van der Waals surface area contributed by atoms with Gasteiger partial charge in [-0.2, -0.15) is 5.10 Å². The molecule has 5 N–H and O–H groups in total. The van der Waals surface area contributed by atoms with Gasteiger partial charge in [0.2, 0.25) is 11.9 Å². The van der Waals surface area contributed by atoms with E-state index in [1.54, 1.807) is 32.2 Å². The lowest BCUT2D eigenvalue weighted by Crippen LogP contribution is -2.41. The number of hydrazone groups is 1. The van der Waals surface area contributed by atoms with E-state index in [1.807, 2.05) is 0 Å². The van der Waals surface area contributed by atoms with Crippen LogP contribution in [0.5, 0.6) is 5.75 Å². The van der Waals surface area contributed by atoms with Crippen LogP contribution in [0.25, 0.3) is 11.3 Å². The van der Waals surface area contributed by atoms with Gasteiger partial charge < -0.3 is 36.2 Å². The van der Waals surface area contributed by atoms with Crippen molar-refractivity contribution in [2.24, 2.45) is 5.10 Å². The number of halogens is 2. The maximum Gasteiger partial charge on any atom is 0.255 e. The third-order valence-electron chi connectivity index (χ3n) is 6.45. The number of aliphatic hydroxyl groups is 1. The highest BCUT2D eigenvalue weighted by Gasteiger charge is 2.35. The molecule has 2 aromatic carbocycles. The molecule has 0 fully saturated rings. The number of amidine groups is 1. The van der Waals surface area contributed by atoms with Gasteiger partial charge in [-0.25, -0.2) is 14.4 Å². The summed E-state index contributed by atoms with van der Waals surface area (Å²) in [6.45, 7) is 1.04. The molecule has 0 unspecified atom stereocenters. The standard InChI is InChI=1S/C27H28ClFN8O4/c1-14-19-5-4-15(25-21(28)11-32-27(35-25)34-23(10-30)36-31-2)8-20(19)26(40)37(14)12-24(39)33-22(13-38)16-6-17(29)9-18(7-16)41-3/h4-11,14,22,30-31,38H,12-13H2,1-3H3,(H,33,39)(H,32,34,35,36)/t14-,22-/m1/s1. The second-order valence-corrected chi connectivity index (χ2v) is 9.43. The monoisotopic (exact) mass is 582 g/mol. The molecular weight excluding hydrogens is 555 g/mol. The number of anilines is 1. The largest absolute Gasteiger partial charge is 0.497 e. The lowest BCUT2D eigenvalue weighted by atomic mass is 10.0. The molecule has 12 nitrogen and oxygen atoms in total. The number of fused-ring (bicyclic) bond motifs is 1. The molecule has 14 heteroatoms. The zero-order valence-electron chi connectivity index (χ0n) is 22.4. The van der Waals surface area contributed by atoms with Gasteiger partial charge in [0.15, 0.2) is 5.84 Å². The summed E-state index contributed by atoms with van der Waals surface area (Å²) in [7, 11) is 2.97. The number of rotatable bonds is 10. The van der Waals surface area contributed by atoms with Crippen molar-refractivity contribution in [1.29, 1.82) is 5.41 Å². The number of amides is 2. The fourth-order valence-electron chi connectivity index (χ4n) is 4.45. The number of hydrogen-bond acceptors (Lipinski definition) is 9. The summed E-state index contributed by atoms with van der Waals surface area (Å²) in [6, 6.07) is 7.79. The Morgan fingerprint density at radius 2 is 2.12 bits per heavy atom. The zero-order valence-corrected chi connectivity index (χ0v) is 23.2. The molecule has 1 aromatic heterocycles. The number of nitrogens with one attached hydrogen (secondary N) is 4. The summed E-state index contributed by atoms with van der Waals surface area (Å²) in [4.78, 5) is 36.3. The van der Waals surface area contributed by atoms with Crippen LogP contribution in [-0.4, -0.2) is 71.1 Å². The van der Waals surface area contributed by atoms with Crippen molar-refractivity contribution >= 4 is 41.4 Å². The number of ether oxygens (including phenoxy) is 1. The molecule has 2 heterocycles. The Hall–Kier alpha value is -4.62. The number of benzene rings is 2. The fourth-order valence-corrected chi connectivity index (χ4v) is 4.65. The van der Waals surface area contributed by atoms with Crippen LogP contribution in [0.1, 0.15) is 40.5 Å². The first-order valence-corrected chi connectivity index (χ1v) is 12.8. The third kappa shape index (κ3) is 6.42. The van der Waals surface area contributed by atoms with Crippen molar-refractivity contribution in [3.63, 3.8) is 0 Å². The van der Waals surface area contributed by atoms with E-state index in [0.717, 1.165) is 11.8 Å². The number of methoxy groups -OCH3 is 1. The van der Waals surface area contributed by atoms with E-state index in [4.69, 9.17) is 21.7 Å². The van der Waals surface area contributed by atoms with Crippen LogP contribution in [0.2, 0.25) is 5.02 Å². The van der Waals surface area contributed by atoms with Gasteiger partial charge in [0.25, 0.3) is 5.91 Å². The number of hydrogen-bond donors (Lipinski definition) is 5. The molecule has 2 amide bonds. The first-order chi connectivity index (χ1) is 19.7. The van der Waals surface area contributed by atoms with E-state index in [0.29, 0.717) is 22.4 Å². The average molecular weight is 583 g/mol. The van der Waals surface area contributed by atoms with Crippen molar-refractivity contribution in [1.82, 2.24) is 25.6 Å². The highest BCUT2D eigenvalue weighted by molar-refractivity contribution is 6.34. The van der Waals surface area contributed by atoms with Gasteiger partial charge in [0.1, 0.15) is 18.1 Å². The summed E-state index contributed by atoms with van der Waals surface area (Å²) in [5.41, 5.74) is 4.91. The van der Waals surface area contributed by atoms with Crippen LogP contribution in [-0.2, 0) is 4.79 Å². The smallest absolute Gasteiger partial charge is 0.255 e. The van der Waals surface area contributed by atoms with Gasteiger partial charge in [-0.1, -0.05) is 23.7 Å². The highest BCUT2D eigenvalue weighted by atomic mass is 35.5. The molecule has 1 aliphatic rings. The fraction of sp³-hybridized carbons (Fsp3) is 0.259. The molecule has 3 aromatic rings. The lowest BCUT2D eigenvalue weighted by Gasteiger charge is -2.24. The van der Waals surface area contributed by atoms with Crippen LogP contribution in [0.4, 0.5) is 10.3 Å². The van der Waals surface area contributed by atoms with Gasteiger partial charge in [0.05, 0.1) is 48.9 Å². The molecule has 0 saturated carbocycles. The van der Waals surface area contributed by atoms with Gasteiger partial charge in [-0.3, -0.25) is 9.59 Å². The predicted molar refractivity (Wildman–Crippen MR) is 152 cm³/mol. The van der Waals surface area contributed by atoms with Crippen molar-refractivity contribution in [2.75, 3.05) is 32.6 Å². The molecule has 4 rings (SSSR count). The average Bonchev–Trinajstić information content (AvgIpc) is 3.20. The maximum absolute atomic E-state index is 14.0. The van der Waals surface area contributed by atoms with Crippen LogP contribution >= 0.6 is 11.6 Å². The summed E-state index contributed by atoms with van der Waals surface area (Å²) >= 11 is 6.38. The van der Waals surface area contributed by atoms with Crippen molar-refractivity contribution < 1.29 is 23.8 Å². The molecule has 41 heavy (non-hydrogen) atoms. The molecular formula is C27H28ClFN8O4. The quantitative estimate of drug-likeness (QED) is 0.138. The Balaban J connectivity index is 1.53. The predicted octanol–water partition coefficient (Wildman–Crippen LogP) is 2.91. The van der Waals surface area contributed by atoms with E-state index < -0.39 is 30.4 Å². The molecule has 0 aliphatic carbocycles. The number of aromatic nitrogens is 2. The number of carbonyl (C=O) groups excluding carboxylic acids is 2. The molecule has 214 valence electrons. The summed E-state index contributed by atoms with van der Waals surface area (Å²) in [5.74, 6) is -0.902. The van der Waals surface area contributed by atoms with Crippen molar-refractivity contribution in [3.05, 3.63) is 70.1 Å². The summed E-state index contributed by atoms with van der Waals surface area (Å²) in [5, 5.41) is 26.9. The normalized spacial score (nSPS) is 15.3. The number of aliphatic hydroxyl groups excluding tert-OH is 1. The Kier molecular flexibility index (Phi) is 9.10. The number of nitrogens with zero attached hydrogens (tertiary/aromatic N) is 4. The zero-order chi connectivity index (χ0) is 29.7. The van der Waals surface area contributed by atoms with E-state index in [9.17, 15) is 19.1 Å². The van der Waals surface area contributed by atoms with Gasteiger partial charge in [-0.05, 0) is 36.2 Å². The van der Waals surface area contributed by atoms with Crippen LogP contribution in [0.3, 0.4) is 0 Å². The molecule has 1 aliphatic heterocycles. The Morgan fingerprint density at radius 3 is 2.80 bits per heavy atom. The van der Waals surface area contributed by atoms with Gasteiger partial charge in [0, 0.05) is 24.2 Å². The second kappa shape index (κ2) is 12.7. The Bertz CT molecular complexity index is 1520. The lowest BCUT2D eigenvalue weighted by molar-refractivity contribution is -0.123. The molecule has 2 atom stereocenters. The van der Waals surface area contributed by atoms with Crippen LogP contribution in [0, 0.1) is 11.2 Å². The maximum atomic E-state index is 14.0. The molecule has 0 spiro atoms. The number of carbonyl (C=O) groups is 2. The first-order valence-electron chi connectivity index (χ1n) is 12.4. The second-order valence-electron chi connectivity index (χ2n) is 9.02. The minimum Gasteiger partial charge on any atom is -0.497 e. The van der Waals surface area contributed by atoms with E-state index in [1.165, 1.54) is 36.4 Å². The van der Waals surface area contributed by atoms with E-state index in [-0.39, 0.29) is 35.0 Å². The minimum absolute atomic E-state index is 0.148. The summed E-state index contributed by atoms with van der Waals surface area (Å²) < 4.78 is 19.0. The first kappa shape index (κ1) is 29.4. The van der Waals surface area contributed by atoms with E-state index >= 15 is 0 Å². The Labute approximate surface area is 240 Å². The molecule has 0 bridgehead atoms. The van der Waals surface area contributed by atoms with Gasteiger partial charge >= 0.3 is 0 Å². The Morgan fingerprint density at radius 1 is 1.34 bits per heavy atom. The van der Waals surface area contributed by atoms with E-state index in [2.05, 4.69) is 31.1 Å². The SMILES string of the molecule is CN/N=C(\C=N)Nc1ncc(Cl)c(-c2ccc3c(c2)C(=O)N(CC(=O)N[C@H](CO)c2cc(F)cc(OC)c2)[C@@H]3C)n1. The van der Waals surface area contributed by atoms with Crippen molar-refractivity contribution in [3.8, 4) is 17.0 Å². The third-order valence-corrected chi connectivity index (χ3v) is 6.73.